The van der Waals surface area contributed by atoms with E-state index in [0.29, 0.717) is 6.42 Å². The van der Waals surface area contributed by atoms with Gasteiger partial charge < -0.3 is 16.6 Å². The van der Waals surface area contributed by atoms with Crippen LogP contribution in [-0.4, -0.2) is 42.0 Å². The number of carbonyl (C=O) groups is 2. The zero-order valence-corrected chi connectivity index (χ0v) is 9.77. The molecule has 6 N–H and O–H groups in total. The van der Waals surface area contributed by atoms with Crippen molar-refractivity contribution in [1.29, 1.82) is 0 Å². The molecule has 0 aliphatic rings. The van der Waals surface area contributed by atoms with Crippen molar-refractivity contribution < 1.29 is 14.7 Å². The van der Waals surface area contributed by atoms with Gasteiger partial charge in [0.1, 0.15) is 6.04 Å². The van der Waals surface area contributed by atoms with Crippen LogP contribution in [-0.2, 0) is 9.59 Å². The van der Waals surface area contributed by atoms with Gasteiger partial charge in [0.15, 0.2) is 5.78 Å². The van der Waals surface area contributed by atoms with E-state index in [0.717, 1.165) is 0 Å². The minimum absolute atomic E-state index is 0.0535. The zero-order valence-electron chi connectivity index (χ0n) is 9.77. The minimum atomic E-state index is -0.956. The van der Waals surface area contributed by atoms with Gasteiger partial charge in [-0.25, -0.2) is 0 Å². The van der Waals surface area contributed by atoms with Crippen molar-refractivity contribution in [2.24, 2.45) is 17.4 Å². The summed E-state index contributed by atoms with van der Waals surface area (Å²) < 4.78 is 0. The lowest BCUT2D eigenvalue weighted by Gasteiger charge is -2.17. The Morgan fingerprint density at radius 1 is 1.38 bits per heavy atom. The predicted molar refractivity (Wildman–Crippen MR) is 60.9 cm³/mol. The highest BCUT2D eigenvalue weighted by Crippen LogP contribution is 2.04. The van der Waals surface area contributed by atoms with E-state index in [-0.39, 0.29) is 24.8 Å². The molecule has 94 valence electrons. The number of rotatable bonds is 8. The van der Waals surface area contributed by atoms with E-state index >= 15 is 0 Å². The average molecular weight is 231 g/mol. The molecular weight excluding hydrogens is 210 g/mol. The van der Waals surface area contributed by atoms with E-state index < -0.39 is 18.1 Å². The van der Waals surface area contributed by atoms with Gasteiger partial charge in [-0.2, -0.15) is 0 Å². The first-order valence-electron chi connectivity index (χ1n) is 5.33. The van der Waals surface area contributed by atoms with Crippen LogP contribution < -0.4 is 16.8 Å². The summed E-state index contributed by atoms with van der Waals surface area (Å²) in [6.45, 7) is 3.86. The number of carboxylic acids is 1. The van der Waals surface area contributed by atoms with Crippen LogP contribution in [0, 0.1) is 5.92 Å². The van der Waals surface area contributed by atoms with Crippen molar-refractivity contribution in [3.05, 3.63) is 0 Å². The summed E-state index contributed by atoms with van der Waals surface area (Å²) in [5.74, 6) is -0.979. The lowest BCUT2D eigenvalue weighted by molar-refractivity contribution is -0.140. The smallest absolute Gasteiger partial charge is 0.320 e. The summed E-state index contributed by atoms with van der Waals surface area (Å²) in [5, 5.41) is 11.6. The molecule has 6 nitrogen and oxygen atoms in total. The summed E-state index contributed by atoms with van der Waals surface area (Å²) in [4.78, 5) is 22.2. The fourth-order valence-electron chi connectivity index (χ4n) is 1.23. The molecule has 6 heteroatoms. The van der Waals surface area contributed by atoms with Gasteiger partial charge in [-0.3, -0.25) is 14.9 Å². The first-order valence-corrected chi connectivity index (χ1v) is 5.33. The number of hydrogen-bond acceptors (Lipinski definition) is 5. The number of Topliss-reactive ketones (excluding diaryl/α,β-unsaturated/α-hetero) is 1. The highest BCUT2D eigenvalue weighted by molar-refractivity contribution is 5.86. The Kier molecular flexibility index (Phi) is 6.87. The van der Waals surface area contributed by atoms with Gasteiger partial charge in [0.2, 0.25) is 0 Å². The Morgan fingerprint density at radius 3 is 2.31 bits per heavy atom. The monoisotopic (exact) mass is 231 g/mol. The Bertz CT molecular complexity index is 243. The van der Waals surface area contributed by atoms with Crippen LogP contribution >= 0.6 is 0 Å². The van der Waals surface area contributed by atoms with E-state index in [1.54, 1.807) is 0 Å². The number of nitrogens with one attached hydrogen (secondary N) is 1. The van der Waals surface area contributed by atoms with Crippen LogP contribution in [0.5, 0.6) is 0 Å². The number of carboxylic acid groups (broad SMARTS) is 1. The number of ketones is 1. The Balaban J connectivity index is 4.12. The van der Waals surface area contributed by atoms with Crippen molar-refractivity contribution >= 4 is 11.8 Å². The highest BCUT2D eigenvalue weighted by Gasteiger charge is 2.20. The summed E-state index contributed by atoms with van der Waals surface area (Å²) in [6, 6.07) is -1.44. The second-order valence-corrected chi connectivity index (χ2v) is 4.21. The molecule has 2 atom stereocenters. The SMILES string of the molecule is CC(C)C[C@@H](NCC(=O)[C@@H](N)CN)C(=O)O. The fourth-order valence-corrected chi connectivity index (χ4v) is 1.23. The summed E-state index contributed by atoms with van der Waals surface area (Å²) in [5.41, 5.74) is 10.6. The molecule has 0 aromatic carbocycles. The third-order valence-corrected chi connectivity index (χ3v) is 2.20. The molecule has 0 aromatic rings. The van der Waals surface area contributed by atoms with Gasteiger partial charge in [0.05, 0.1) is 12.6 Å². The zero-order chi connectivity index (χ0) is 12.7. The Labute approximate surface area is 95.4 Å². The number of nitrogens with two attached hydrogens (primary N) is 2. The maximum Gasteiger partial charge on any atom is 0.320 e. The van der Waals surface area contributed by atoms with E-state index in [1.807, 2.05) is 13.8 Å². The predicted octanol–water partition coefficient (Wildman–Crippen LogP) is -1.07. The molecule has 0 spiro atoms. The van der Waals surface area contributed by atoms with Gasteiger partial charge in [-0.1, -0.05) is 13.8 Å². The second kappa shape index (κ2) is 7.32. The molecule has 0 aliphatic carbocycles. The van der Waals surface area contributed by atoms with Crippen LogP contribution in [0.4, 0.5) is 0 Å². The number of aliphatic carboxylic acids is 1. The molecule has 0 bridgehead atoms. The van der Waals surface area contributed by atoms with E-state index in [2.05, 4.69) is 5.32 Å². The third kappa shape index (κ3) is 5.79. The Hall–Kier alpha value is -0.980. The standard InChI is InChI=1S/C10H21N3O3/c1-6(2)3-8(10(15)16)13-5-9(14)7(12)4-11/h6-8,13H,3-5,11-12H2,1-2H3,(H,15,16)/t7-,8+/m0/s1. The molecule has 0 rings (SSSR count). The molecule has 0 aromatic heterocycles. The molecular formula is C10H21N3O3. The number of hydrogen-bond donors (Lipinski definition) is 4. The first kappa shape index (κ1) is 15.0. The molecule has 0 saturated heterocycles. The van der Waals surface area contributed by atoms with Crippen LogP contribution in [0.1, 0.15) is 20.3 Å². The highest BCUT2D eigenvalue weighted by atomic mass is 16.4. The molecule has 0 heterocycles. The van der Waals surface area contributed by atoms with Crippen molar-refractivity contribution in [3.8, 4) is 0 Å². The molecule has 0 saturated carbocycles. The van der Waals surface area contributed by atoms with Gasteiger partial charge >= 0.3 is 5.97 Å². The molecule has 0 unspecified atom stereocenters. The normalized spacial score (nSPS) is 14.8. The average Bonchev–Trinajstić information content (AvgIpc) is 2.21. The third-order valence-electron chi connectivity index (χ3n) is 2.20. The van der Waals surface area contributed by atoms with Gasteiger partial charge in [0, 0.05) is 6.54 Å². The maximum atomic E-state index is 11.3. The van der Waals surface area contributed by atoms with Crippen molar-refractivity contribution in [2.45, 2.75) is 32.4 Å². The van der Waals surface area contributed by atoms with Crippen molar-refractivity contribution in [1.82, 2.24) is 5.32 Å². The van der Waals surface area contributed by atoms with Crippen molar-refractivity contribution in [2.75, 3.05) is 13.1 Å². The quantitative estimate of drug-likeness (QED) is 0.422. The summed E-state index contributed by atoms with van der Waals surface area (Å²) in [7, 11) is 0. The van der Waals surface area contributed by atoms with E-state index in [9.17, 15) is 9.59 Å². The van der Waals surface area contributed by atoms with Crippen LogP contribution in [0.2, 0.25) is 0 Å². The lowest BCUT2D eigenvalue weighted by atomic mass is 10.0. The first-order chi connectivity index (χ1) is 7.38. The van der Waals surface area contributed by atoms with E-state index in [1.165, 1.54) is 0 Å². The van der Waals surface area contributed by atoms with E-state index in [4.69, 9.17) is 16.6 Å². The topological polar surface area (TPSA) is 118 Å². The fraction of sp³-hybridized carbons (Fsp3) is 0.800. The second-order valence-electron chi connectivity index (χ2n) is 4.21. The van der Waals surface area contributed by atoms with Crippen LogP contribution in [0.25, 0.3) is 0 Å². The van der Waals surface area contributed by atoms with Gasteiger partial charge in [-0.05, 0) is 12.3 Å². The molecule has 0 radical (unpaired) electrons. The van der Waals surface area contributed by atoms with Crippen LogP contribution in [0.15, 0.2) is 0 Å². The van der Waals surface area contributed by atoms with Gasteiger partial charge in [0.25, 0.3) is 0 Å². The number of carbonyl (C=O) groups excluding carboxylic acids is 1. The van der Waals surface area contributed by atoms with Gasteiger partial charge in [-0.15, -0.1) is 0 Å². The molecule has 0 amide bonds. The van der Waals surface area contributed by atoms with Crippen LogP contribution in [0.3, 0.4) is 0 Å². The lowest BCUT2D eigenvalue weighted by Crippen LogP contribution is -2.47. The van der Waals surface area contributed by atoms with Crippen molar-refractivity contribution in [3.63, 3.8) is 0 Å². The summed E-state index contributed by atoms with van der Waals surface area (Å²) >= 11 is 0. The molecule has 16 heavy (non-hydrogen) atoms. The Morgan fingerprint density at radius 2 is 1.94 bits per heavy atom. The summed E-state index contributed by atoms with van der Waals surface area (Å²) in [6.07, 6.45) is 0.473. The molecule has 0 fully saturated rings. The molecule has 0 aliphatic heterocycles. The maximum absolute atomic E-state index is 11.3. The minimum Gasteiger partial charge on any atom is -0.480 e. The largest absolute Gasteiger partial charge is 0.480 e.